The van der Waals surface area contributed by atoms with Gasteiger partial charge in [-0.15, -0.1) is 0 Å². The summed E-state index contributed by atoms with van der Waals surface area (Å²) < 4.78 is 0. The van der Waals surface area contributed by atoms with Crippen LogP contribution in [0.5, 0.6) is 0 Å². The summed E-state index contributed by atoms with van der Waals surface area (Å²) in [6.07, 6.45) is 7.53. The van der Waals surface area contributed by atoms with Gasteiger partial charge in [0.25, 0.3) is 0 Å². The van der Waals surface area contributed by atoms with Gasteiger partial charge in [-0.3, -0.25) is 0 Å². The van der Waals surface area contributed by atoms with Crippen LogP contribution in [0.25, 0.3) is 0 Å². The summed E-state index contributed by atoms with van der Waals surface area (Å²) in [4.78, 5) is 0. The van der Waals surface area contributed by atoms with E-state index in [4.69, 9.17) is 0 Å². The molecular formula is C12H23N. The fraction of sp³-hybridized carbons (Fsp3) is 1.00. The third-order valence-corrected chi connectivity index (χ3v) is 3.82. The first kappa shape index (κ1) is 9.51. The smallest absolute Gasteiger partial charge is 0.00106 e. The van der Waals surface area contributed by atoms with Crippen molar-refractivity contribution in [3.63, 3.8) is 0 Å². The molecule has 0 aromatic heterocycles. The van der Waals surface area contributed by atoms with E-state index in [1.54, 1.807) is 0 Å². The predicted octanol–water partition coefficient (Wildman–Crippen LogP) is 2.81. The summed E-state index contributed by atoms with van der Waals surface area (Å²) in [5.74, 6) is 1.90. The average Bonchev–Trinajstić information content (AvgIpc) is 2.76. The van der Waals surface area contributed by atoms with E-state index >= 15 is 0 Å². The van der Waals surface area contributed by atoms with Gasteiger partial charge in [0.05, 0.1) is 0 Å². The molecule has 2 fully saturated rings. The Balaban J connectivity index is 1.71. The quantitative estimate of drug-likeness (QED) is 0.687. The molecule has 0 amide bonds. The van der Waals surface area contributed by atoms with Gasteiger partial charge in [-0.1, -0.05) is 20.3 Å². The monoisotopic (exact) mass is 181 g/mol. The van der Waals surface area contributed by atoms with Crippen molar-refractivity contribution in [3.05, 3.63) is 0 Å². The van der Waals surface area contributed by atoms with E-state index in [0.717, 1.165) is 17.3 Å². The van der Waals surface area contributed by atoms with Gasteiger partial charge in [-0.05, 0) is 49.5 Å². The summed E-state index contributed by atoms with van der Waals surface area (Å²) in [5.41, 5.74) is 0.759. The lowest BCUT2D eigenvalue weighted by Crippen LogP contribution is -2.42. The highest BCUT2D eigenvalue weighted by Gasteiger charge is 2.48. The summed E-state index contributed by atoms with van der Waals surface area (Å²) in [6, 6.07) is 0. The van der Waals surface area contributed by atoms with Crippen molar-refractivity contribution in [2.75, 3.05) is 13.1 Å². The molecule has 2 aliphatic carbocycles. The lowest BCUT2D eigenvalue weighted by atomic mass is 9.65. The molecule has 0 radical (unpaired) electrons. The Labute approximate surface area is 82.3 Å². The predicted molar refractivity (Wildman–Crippen MR) is 56.7 cm³/mol. The van der Waals surface area contributed by atoms with Gasteiger partial charge in [0.2, 0.25) is 0 Å². The van der Waals surface area contributed by atoms with E-state index in [-0.39, 0.29) is 0 Å². The molecule has 0 unspecified atom stereocenters. The fourth-order valence-corrected chi connectivity index (χ4v) is 2.67. The summed E-state index contributed by atoms with van der Waals surface area (Å²) in [6.45, 7) is 7.08. The highest BCUT2D eigenvalue weighted by molar-refractivity contribution is 5.00. The van der Waals surface area contributed by atoms with Crippen LogP contribution in [0.3, 0.4) is 0 Å². The molecule has 0 saturated heterocycles. The molecule has 1 N–H and O–H groups in total. The van der Waals surface area contributed by atoms with Crippen LogP contribution in [-0.4, -0.2) is 13.1 Å². The van der Waals surface area contributed by atoms with Crippen molar-refractivity contribution in [2.45, 2.75) is 46.0 Å². The maximum atomic E-state index is 3.65. The van der Waals surface area contributed by atoms with E-state index < -0.39 is 0 Å². The van der Waals surface area contributed by atoms with E-state index in [1.807, 2.05) is 0 Å². The lowest BCUT2D eigenvalue weighted by Gasteiger charge is -2.43. The minimum absolute atomic E-state index is 0.759. The van der Waals surface area contributed by atoms with Crippen LogP contribution in [0.1, 0.15) is 46.0 Å². The maximum Gasteiger partial charge on any atom is 0.00106 e. The first-order chi connectivity index (χ1) is 6.23. The SMILES string of the molecule is CC(C)CNCC1(C2CC2)CCC1. The van der Waals surface area contributed by atoms with Crippen molar-refractivity contribution in [1.29, 1.82) is 0 Å². The standard InChI is InChI=1S/C12H23N/c1-10(2)8-13-9-12(6-3-7-12)11-4-5-11/h10-11,13H,3-9H2,1-2H3. The van der Waals surface area contributed by atoms with Crippen LogP contribution >= 0.6 is 0 Å². The molecule has 0 aromatic carbocycles. The molecule has 0 heterocycles. The van der Waals surface area contributed by atoms with E-state index in [2.05, 4.69) is 19.2 Å². The zero-order valence-corrected chi connectivity index (χ0v) is 9.10. The molecule has 0 spiro atoms. The Bertz CT molecular complexity index is 166. The molecule has 0 atom stereocenters. The Morgan fingerprint density at radius 1 is 1.31 bits per heavy atom. The largest absolute Gasteiger partial charge is 0.316 e. The molecule has 76 valence electrons. The van der Waals surface area contributed by atoms with Gasteiger partial charge in [-0.2, -0.15) is 0 Å². The Hall–Kier alpha value is -0.0400. The van der Waals surface area contributed by atoms with Crippen LogP contribution in [0.2, 0.25) is 0 Å². The second kappa shape index (κ2) is 3.61. The maximum absolute atomic E-state index is 3.65. The Morgan fingerprint density at radius 3 is 2.38 bits per heavy atom. The minimum atomic E-state index is 0.759. The third-order valence-electron chi connectivity index (χ3n) is 3.82. The van der Waals surface area contributed by atoms with Gasteiger partial charge in [0, 0.05) is 6.54 Å². The van der Waals surface area contributed by atoms with Gasteiger partial charge >= 0.3 is 0 Å². The fourth-order valence-electron chi connectivity index (χ4n) is 2.67. The first-order valence-electron chi connectivity index (χ1n) is 5.94. The highest BCUT2D eigenvalue weighted by Crippen LogP contribution is 2.56. The molecular weight excluding hydrogens is 158 g/mol. The first-order valence-corrected chi connectivity index (χ1v) is 5.94. The van der Waals surface area contributed by atoms with Crippen molar-refractivity contribution < 1.29 is 0 Å². The third kappa shape index (κ3) is 2.07. The van der Waals surface area contributed by atoms with Crippen molar-refractivity contribution in [3.8, 4) is 0 Å². The topological polar surface area (TPSA) is 12.0 Å². The van der Waals surface area contributed by atoms with E-state index in [1.165, 1.54) is 45.2 Å². The highest BCUT2D eigenvalue weighted by atomic mass is 14.9. The van der Waals surface area contributed by atoms with Gasteiger partial charge < -0.3 is 5.32 Å². The van der Waals surface area contributed by atoms with Gasteiger partial charge in [-0.25, -0.2) is 0 Å². The molecule has 0 aliphatic heterocycles. The van der Waals surface area contributed by atoms with Crippen molar-refractivity contribution in [1.82, 2.24) is 5.32 Å². The van der Waals surface area contributed by atoms with Crippen LogP contribution < -0.4 is 5.32 Å². The molecule has 1 heteroatoms. The minimum Gasteiger partial charge on any atom is -0.316 e. The number of hydrogen-bond acceptors (Lipinski definition) is 1. The second-order valence-corrected chi connectivity index (χ2v) is 5.51. The Kier molecular flexibility index (Phi) is 2.64. The molecule has 2 saturated carbocycles. The van der Waals surface area contributed by atoms with Crippen molar-refractivity contribution >= 4 is 0 Å². The molecule has 0 aromatic rings. The zero-order chi connectivity index (χ0) is 9.31. The van der Waals surface area contributed by atoms with Gasteiger partial charge in [0.15, 0.2) is 0 Å². The van der Waals surface area contributed by atoms with E-state index in [0.29, 0.717) is 0 Å². The summed E-state index contributed by atoms with van der Waals surface area (Å²) >= 11 is 0. The Morgan fingerprint density at radius 2 is 2.00 bits per heavy atom. The second-order valence-electron chi connectivity index (χ2n) is 5.51. The van der Waals surface area contributed by atoms with Crippen LogP contribution in [0, 0.1) is 17.3 Å². The average molecular weight is 181 g/mol. The summed E-state index contributed by atoms with van der Waals surface area (Å²) in [7, 11) is 0. The molecule has 1 nitrogen and oxygen atoms in total. The summed E-state index contributed by atoms with van der Waals surface area (Å²) in [5, 5.41) is 3.65. The van der Waals surface area contributed by atoms with E-state index in [9.17, 15) is 0 Å². The van der Waals surface area contributed by atoms with Crippen LogP contribution in [0.15, 0.2) is 0 Å². The van der Waals surface area contributed by atoms with Crippen LogP contribution in [-0.2, 0) is 0 Å². The number of nitrogens with one attached hydrogen (secondary N) is 1. The van der Waals surface area contributed by atoms with Gasteiger partial charge in [0.1, 0.15) is 0 Å². The van der Waals surface area contributed by atoms with Crippen LogP contribution in [0.4, 0.5) is 0 Å². The molecule has 13 heavy (non-hydrogen) atoms. The lowest BCUT2D eigenvalue weighted by molar-refractivity contribution is 0.0981. The molecule has 2 aliphatic rings. The molecule has 2 rings (SSSR count). The van der Waals surface area contributed by atoms with Crippen molar-refractivity contribution in [2.24, 2.45) is 17.3 Å². The normalized spacial score (nSPS) is 26.1. The zero-order valence-electron chi connectivity index (χ0n) is 9.10. The number of hydrogen-bond donors (Lipinski definition) is 1. The number of rotatable bonds is 5. The molecule has 0 bridgehead atoms.